The van der Waals surface area contributed by atoms with E-state index in [2.05, 4.69) is 35.8 Å². The van der Waals surface area contributed by atoms with E-state index in [-0.39, 0.29) is 12.1 Å². The van der Waals surface area contributed by atoms with Crippen molar-refractivity contribution in [1.82, 2.24) is 14.9 Å². The summed E-state index contributed by atoms with van der Waals surface area (Å²) in [4.78, 5) is 10.2. The van der Waals surface area contributed by atoms with Crippen LogP contribution in [0.25, 0.3) is 0 Å². The van der Waals surface area contributed by atoms with Crippen LogP contribution in [0.5, 0.6) is 5.75 Å². The molecule has 5 nitrogen and oxygen atoms in total. The molecule has 1 aliphatic rings. The zero-order chi connectivity index (χ0) is 17.1. The van der Waals surface area contributed by atoms with Crippen LogP contribution in [-0.4, -0.2) is 45.3 Å². The third-order valence-electron chi connectivity index (χ3n) is 4.89. The first-order valence-electron chi connectivity index (χ1n) is 8.72. The maximum Gasteiger partial charge on any atom is 0.126 e. The highest BCUT2D eigenvalue weighted by Gasteiger charge is 2.38. The zero-order valence-electron chi connectivity index (χ0n) is 14.7. The quantitative estimate of drug-likeness (QED) is 0.855. The van der Waals surface area contributed by atoms with Crippen LogP contribution in [0.4, 0.5) is 0 Å². The van der Waals surface area contributed by atoms with Crippen molar-refractivity contribution in [2.45, 2.75) is 57.9 Å². The lowest BCUT2D eigenvalue weighted by atomic mass is 10.1. The molecule has 0 amide bonds. The topological polar surface area (TPSA) is 61.4 Å². The molecule has 1 aromatic carbocycles. The average Bonchev–Trinajstić information content (AvgIpc) is 3.12. The largest absolute Gasteiger partial charge is 0.488 e. The number of rotatable bonds is 6. The number of nitrogens with zero attached hydrogens (tertiary/aromatic N) is 2. The molecule has 0 bridgehead atoms. The molecule has 24 heavy (non-hydrogen) atoms. The molecular formula is C19H27N3O2. The maximum atomic E-state index is 10.7. The Hall–Kier alpha value is -1.85. The number of likely N-dealkylation sites (N-methyl/N-ethyl adjacent to an activating group) is 1. The van der Waals surface area contributed by atoms with Gasteiger partial charge in [0.1, 0.15) is 23.8 Å². The second-order valence-corrected chi connectivity index (χ2v) is 6.63. The standard InChI is InChI=1S/C19H27N3O2/c1-4-18-20-13(2)15(21-18)12-22(3)16-10-11-17(19(16)23)24-14-8-6-5-7-9-14/h5-9,16-17,19,23H,4,10-12H2,1-3H3,(H,20,21)/t16-,17+,19+/m1/s1. The highest BCUT2D eigenvalue weighted by molar-refractivity contribution is 5.22. The number of aromatic nitrogens is 2. The summed E-state index contributed by atoms with van der Waals surface area (Å²) in [6, 6.07) is 9.83. The van der Waals surface area contributed by atoms with E-state index in [0.29, 0.717) is 0 Å². The highest BCUT2D eigenvalue weighted by Crippen LogP contribution is 2.29. The molecule has 5 heteroatoms. The summed E-state index contributed by atoms with van der Waals surface area (Å²) in [7, 11) is 2.05. The summed E-state index contributed by atoms with van der Waals surface area (Å²) >= 11 is 0. The molecular weight excluding hydrogens is 302 g/mol. The Balaban J connectivity index is 1.61. The minimum absolute atomic E-state index is 0.0971. The zero-order valence-corrected chi connectivity index (χ0v) is 14.7. The van der Waals surface area contributed by atoms with Gasteiger partial charge in [0.05, 0.1) is 5.69 Å². The number of para-hydroxylation sites is 1. The smallest absolute Gasteiger partial charge is 0.126 e. The summed E-state index contributed by atoms with van der Waals surface area (Å²) < 4.78 is 5.96. The molecule has 1 heterocycles. The molecule has 0 spiro atoms. The summed E-state index contributed by atoms with van der Waals surface area (Å²) in [5, 5.41) is 10.7. The van der Waals surface area contributed by atoms with Crippen molar-refractivity contribution in [1.29, 1.82) is 0 Å². The molecule has 1 aromatic heterocycles. The normalized spacial score (nSPS) is 23.8. The molecule has 130 valence electrons. The van der Waals surface area contributed by atoms with Crippen molar-refractivity contribution < 1.29 is 9.84 Å². The van der Waals surface area contributed by atoms with Gasteiger partial charge < -0.3 is 14.8 Å². The number of aliphatic hydroxyl groups excluding tert-OH is 1. The number of benzene rings is 1. The van der Waals surface area contributed by atoms with E-state index in [1.54, 1.807) is 0 Å². The maximum absolute atomic E-state index is 10.7. The van der Waals surface area contributed by atoms with Crippen LogP contribution >= 0.6 is 0 Å². The molecule has 0 radical (unpaired) electrons. The fraction of sp³-hybridized carbons (Fsp3) is 0.526. The number of hydrogen-bond donors (Lipinski definition) is 2. The van der Waals surface area contributed by atoms with Crippen LogP contribution in [0.2, 0.25) is 0 Å². The summed E-state index contributed by atoms with van der Waals surface area (Å²) in [6.07, 6.45) is 2.07. The van der Waals surface area contributed by atoms with Crippen LogP contribution < -0.4 is 4.74 Å². The molecule has 2 N–H and O–H groups in total. The van der Waals surface area contributed by atoms with E-state index in [1.165, 1.54) is 0 Å². The van der Waals surface area contributed by atoms with Crippen molar-refractivity contribution in [2.24, 2.45) is 0 Å². The number of imidazole rings is 1. The van der Waals surface area contributed by atoms with Gasteiger partial charge in [0.25, 0.3) is 0 Å². The molecule has 1 saturated carbocycles. The van der Waals surface area contributed by atoms with Gasteiger partial charge in [0.15, 0.2) is 0 Å². The number of aliphatic hydroxyl groups is 1. The van der Waals surface area contributed by atoms with Gasteiger partial charge >= 0.3 is 0 Å². The lowest BCUT2D eigenvalue weighted by Crippen LogP contribution is -2.42. The Bertz CT molecular complexity index is 656. The summed E-state index contributed by atoms with van der Waals surface area (Å²) in [5.41, 5.74) is 2.18. The Morgan fingerprint density at radius 1 is 1.29 bits per heavy atom. The van der Waals surface area contributed by atoms with Gasteiger partial charge in [-0.15, -0.1) is 0 Å². The molecule has 0 aliphatic heterocycles. The number of hydrogen-bond acceptors (Lipinski definition) is 4. The van der Waals surface area contributed by atoms with Gasteiger partial charge in [-0.25, -0.2) is 4.98 Å². The summed E-state index contributed by atoms with van der Waals surface area (Å²) in [5.74, 6) is 1.84. The lowest BCUT2D eigenvalue weighted by Gasteiger charge is -2.28. The lowest BCUT2D eigenvalue weighted by molar-refractivity contribution is 0.0149. The van der Waals surface area contributed by atoms with Crippen molar-refractivity contribution in [3.8, 4) is 5.75 Å². The second-order valence-electron chi connectivity index (χ2n) is 6.63. The first-order valence-corrected chi connectivity index (χ1v) is 8.72. The number of aromatic amines is 1. The molecule has 3 atom stereocenters. The minimum Gasteiger partial charge on any atom is -0.488 e. The van der Waals surface area contributed by atoms with Gasteiger partial charge in [-0.1, -0.05) is 25.1 Å². The molecule has 0 saturated heterocycles. The number of nitrogens with one attached hydrogen (secondary N) is 1. The van der Waals surface area contributed by atoms with E-state index in [0.717, 1.165) is 48.8 Å². The average molecular weight is 329 g/mol. The Labute approximate surface area is 143 Å². The number of H-pyrrole nitrogens is 1. The van der Waals surface area contributed by atoms with Crippen LogP contribution in [0.1, 0.15) is 37.0 Å². The predicted molar refractivity (Wildman–Crippen MR) is 94.1 cm³/mol. The van der Waals surface area contributed by atoms with E-state index in [1.807, 2.05) is 30.3 Å². The first-order chi connectivity index (χ1) is 11.6. The Morgan fingerprint density at radius 3 is 2.71 bits per heavy atom. The number of aryl methyl sites for hydroxylation is 2. The number of ether oxygens (including phenoxy) is 1. The van der Waals surface area contributed by atoms with Crippen LogP contribution in [0.3, 0.4) is 0 Å². The van der Waals surface area contributed by atoms with Crippen molar-refractivity contribution in [2.75, 3.05) is 7.05 Å². The van der Waals surface area contributed by atoms with Gasteiger partial charge in [0, 0.05) is 24.7 Å². The van der Waals surface area contributed by atoms with E-state index >= 15 is 0 Å². The second kappa shape index (κ2) is 7.36. The predicted octanol–water partition coefficient (Wildman–Crippen LogP) is 2.68. The van der Waals surface area contributed by atoms with Crippen molar-refractivity contribution >= 4 is 0 Å². The van der Waals surface area contributed by atoms with Crippen molar-refractivity contribution in [3.05, 3.63) is 47.5 Å². The summed E-state index contributed by atoms with van der Waals surface area (Å²) in [6.45, 7) is 4.89. The molecule has 1 aliphatic carbocycles. The van der Waals surface area contributed by atoms with E-state index in [4.69, 9.17) is 4.74 Å². The Kier molecular flexibility index (Phi) is 5.21. The van der Waals surface area contributed by atoms with Gasteiger partial charge in [-0.05, 0) is 38.9 Å². The van der Waals surface area contributed by atoms with Crippen LogP contribution in [0, 0.1) is 6.92 Å². The molecule has 2 aromatic rings. The van der Waals surface area contributed by atoms with E-state index in [9.17, 15) is 5.11 Å². The molecule has 1 fully saturated rings. The monoisotopic (exact) mass is 329 g/mol. The third kappa shape index (κ3) is 3.62. The van der Waals surface area contributed by atoms with Gasteiger partial charge in [-0.2, -0.15) is 0 Å². The highest BCUT2D eigenvalue weighted by atomic mass is 16.5. The molecule has 0 unspecified atom stereocenters. The third-order valence-corrected chi connectivity index (χ3v) is 4.89. The van der Waals surface area contributed by atoms with Gasteiger partial charge in [0.2, 0.25) is 0 Å². The van der Waals surface area contributed by atoms with Crippen molar-refractivity contribution in [3.63, 3.8) is 0 Å². The minimum atomic E-state index is -0.486. The van der Waals surface area contributed by atoms with Gasteiger partial charge in [-0.3, -0.25) is 4.90 Å². The SMILES string of the molecule is CCc1nc(CN(C)[C@@H]2CC[C@H](Oc3ccccc3)[C@H]2O)c(C)[nH]1. The fourth-order valence-electron chi connectivity index (χ4n) is 3.45. The molecule has 3 rings (SSSR count). The van der Waals surface area contributed by atoms with Crippen LogP contribution in [-0.2, 0) is 13.0 Å². The fourth-order valence-corrected chi connectivity index (χ4v) is 3.45. The van der Waals surface area contributed by atoms with E-state index < -0.39 is 6.10 Å². The van der Waals surface area contributed by atoms with Crippen LogP contribution in [0.15, 0.2) is 30.3 Å². The Morgan fingerprint density at radius 2 is 2.04 bits per heavy atom. The first kappa shape index (κ1) is 17.0.